The first-order chi connectivity index (χ1) is 8.30. The third kappa shape index (κ3) is 4.78. The fourth-order valence-corrected chi connectivity index (χ4v) is 1.57. The van der Waals surface area contributed by atoms with Gasteiger partial charge in [-0.1, -0.05) is 40.2 Å². The van der Waals surface area contributed by atoms with Crippen LogP contribution in [0.2, 0.25) is 0 Å². The highest BCUT2D eigenvalue weighted by molar-refractivity contribution is 9.09. The van der Waals surface area contributed by atoms with E-state index in [0.717, 1.165) is 5.56 Å². The van der Waals surface area contributed by atoms with Gasteiger partial charge in [0.2, 0.25) is 0 Å². The topological polar surface area (TPSA) is 38.3 Å². The second-order valence-corrected chi connectivity index (χ2v) is 6.70. The Morgan fingerprint density at radius 3 is 2.67 bits per heavy atom. The summed E-state index contributed by atoms with van der Waals surface area (Å²) < 4.78 is 0. The Morgan fingerprint density at radius 2 is 2.11 bits per heavy atom. The standard InChI is InChI=1S/C14H20BrNO2/c1-10(15)12-7-5-6-11(8-12)9-16-18-13(17)14(2,3)4/h5-8,10,16H,9H2,1-4H3. The van der Waals surface area contributed by atoms with E-state index in [0.29, 0.717) is 11.4 Å². The average molecular weight is 314 g/mol. The summed E-state index contributed by atoms with van der Waals surface area (Å²) in [6.07, 6.45) is 0. The van der Waals surface area contributed by atoms with Crippen molar-refractivity contribution in [2.45, 2.75) is 39.1 Å². The molecule has 18 heavy (non-hydrogen) atoms. The number of carbonyl (C=O) groups is 1. The van der Waals surface area contributed by atoms with Crippen molar-refractivity contribution in [1.82, 2.24) is 5.48 Å². The molecule has 0 saturated heterocycles. The third-order valence-electron chi connectivity index (χ3n) is 2.46. The van der Waals surface area contributed by atoms with Crippen LogP contribution in [0.15, 0.2) is 24.3 Å². The number of nitrogens with one attached hydrogen (secondary N) is 1. The highest BCUT2D eigenvalue weighted by Gasteiger charge is 2.23. The number of hydrogen-bond donors (Lipinski definition) is 1. The summed E-state index contributed by atoms with van der Waals surface area (Å²) in [7, 11) is 0. The van der Waals surface area contributed by atoms with Crippen LogP contribution in [0, 0.1) is 5.41 Å². The van der Waals surface area contributed by atoms with E-state index in [2.05, 4.69) is 40.5 Å². The summed E-state index contributed by atoms with van der Waals surface area (Å²) in [5, 5.41) is 0. The molecule has 0 aliphatic rings. The van der Waals surface area contributed by atoms with Gasteiger partial charge in [0.1, 0.15) is 0 Å². The Kier molecular flexibility index (Phi) is 5.35. The van der Waals surface area contributed by atoms with Crippen LogP contribution in [-0.2, 0) is 16.2 Å². The smallest absolute Gasteiger partial charge is 0.329 e. The fraction of sp³-hybridized carbons (Fsp3) is 0.500. The van der Waals surface area contributed by atoms with Gasteiger partial charge in [0.05, 0.1) is 12.0 Å². The van der Waals surface area contributed by atoms with Gasteiger partial charge in [-0.3, -0.25) is 0 Å². The van der Waals surface area contributed by atoms with Crippen molar-refractivity contribution < 1.29 is 9.63 Å². The lowest BCUT2D eigenvalue weighted by molar-refractivity contribution is -0.161. The molecule has 0 aliphatic carbocycles. The van der Waals surface area contributed by atoms with Crippen molar-refractivity contribution in [1.29, 1.82) is 0 Å². The van der Waals surface area contributed by atoms with Gasteiger partial charge in [-0.05, 0) is 38.8 Å². The number of halogens is 1. The monoisotopic (exact) mass is 313 g/mol. The van der Waals surface area contributed by atoms with Crippen LogP contribution >= 0.6 is 15.9 Å². The molecule has 0 radical (unpaired) electrons. The largest absolute Gasteiger partial charge is 0.370 e. The van der Waals surface area contributed by atoms with Crippen LogP contribution in [0.3, 0.4) is 0 Å². The zero-order chi connectivity index (χ0) is 13.8. The quantitative estimate of drug-likeness (QED) is 0.680. The van der Waals surface area contributed by atoms with Gasteiger partial charge in [0.15, 0.2) is 0 Å². The summed E-state index contributed by atoms with van der Waals surface area (Å²) in [4.78, 5) is 16.9. The van der Waals surface area contributed by atoms with Gasteiger partial charge in [0, 0.05) is 4.83 Å². The number of benzene rings is 1. The van der Waals surface area contributed by atoms with Crippen molar-refractivity contribution in [2.24, 2.45) is 5.41 Å². The highest BCUT2D eigenvalue weighted by Crippen LogP contribution is 2.22. The first-order valence-corrected chi connectivity index (χ1v) is 6.89. The molecule has 0 heterocycles. The lowest BCUT2D eigenvalue weighted by Crippen LogP contribution is -2.29. The minimum Gasteiger partial charge on any atom is -0.370 e. The van der Waals surface area contributed by atoms with Crippen LogP contribution in [0.5, 0.6) is 0 Å². The van der Waals surface area contributed by atoms with Gasteiger partial charge in [-0.25, -0.2) is 4.79 Å². The molecule has 1 aromatic carbocycles. The molecule has 1 atom stereocenters. The molecule has 0 saturated carbocycles. The first kappa shape index (κ1) is 15.2. The maximum atomic E-state index is 11.5. The second kappa shape index (κ2) is 6.34. The Hall–Kier alpha value is -0.870. The molecular weight excluding hydrogens is 294 g/mol. The van der Waals surface area contributed by atoms with Crippen molar-refractivity contribution in [3.05, 3.63) is 35.4 Å². The zero-order valence-corrected chi connectivity index (χ0v) is 12.9. The van der Waals surface area contributed by atoms with E-state index in [-0.39, 0.29) is 5.97 Å². The van der Waals surface area contributed by atoms with Crippen LogP contribution in [0.1, 0.15) is 43.6 Å². The summed E-state index contributed by atoms with van der Waals surface area (Å²) in [5.74, 6) is -0.257. The molecule has 3 nitrogen and oxygen atoms in total. The van der Waals surface area contributed by atoms with E-state index in [1.807, 2.05) is 32.9 Å². The molecule has 100 valence electrons. The summed E-state index contributed by atoms with van der Waals surface area (Å²) in [6.45, 7) is 8.06. The van der Waals surface area contributed by atoms with E-state index >= 15 is 0 Å². The Bertz CT molecular complexity index is 411. The zero-order valence-electron chi connectivity index (χ0n) is 11.3. The summed E-state index contributed by atoms with van der Waals surface area (Å²) in [5.41, 5.74) is 4.51. The van der Waals surface area contributed by atoms with Gasteiger partial charge in [0.25, 0.3) is 0 Å². The molecule has 0 amide bonds. The van der Waals surface area contributed by atoms with Crippen LogP contribution in [0.4, 0.5) is 0 Å². The molecule has 1 unspecified atom stereocenters. The van der Waals surface area contributed by atoms with E-state index in [1.165, 1.54) is 5.56 Å². The molecule has 1 N–H and O–H groups in total. The molecule has 4 heteroatoms. The van der Waals surface area contributed by atoms with Crippen LogP contribution < -0.4 is 5.48 Å². The summed E-state index contributed by atoms with van der Waals surface area (Å²) in [6, 6.07) is 8.13. The molecule has 0 fully saturated rings. The minimum absolute atomic E-state index is 0.257. The molecular formula is C14H20BrNO2. The lowest BCUT2D eigenvalue weighted by atomic mass is 9.98. The molecule has 1 rings (SSSR count). The lowest BCUT2D eigenvalue weighted by Gasteiger charge is -2.16. The SMILES string of the molecule is CC(Br)c1cccc(CNOC(=O)C(C)(C)C)c1. The maximum absolute atomic E-state index is 11.5. The van der Waals surface area contributed by atoms with E-state index < -0.39 is 5.41 Å². The van der Waals surface area contributed by atoms with Crippen molar-refractivity contribution >= 4 is 21.9 Å². The maximum Gasteiger partial charge on any atom is 0.329 e. The number of hydroxylamine groups is 1. The normalized spacial score (nSPS) is 13.2. The Morgan fingerprint density at radius 1 is 1.44 bits per heavy atom. The average Bonchev–Trinajstić information content (AvgIpc) is 2.28. The number of rotatable bonds is 4. The van der Waals surface area contributed by atoms with E-state index in [1.54, 1.807) is 0 Å². The van der Waals surface area contributed by atoms with Crippen molar-refractivity contribution in [2.75, 3.05) is 0 Å². The fourth-order valence-electron chi connectivity index (χ4n) is 1.29. The van der Waals surface area contributed by atoms with E-state index in [9.17, 15) is 4.79 Å². The van der Waals surface area contributed by atoms with Gasteiger partial charge < -0.3 is 4.84 Å². The number of carbonyl (C=O) groups excluding carboxylic acids is 1. The molecule has 0 aliphatic heterocycles. The van der Waals surface area contributed by atoms with Gasteiger partial charge >= 0.3 is 5.97 Å². The Labute approximate surface area is 117 Å². The molecule has 0 spiro atoms. The highest BCUT2D eigenvalue weighted by atomic mass is 79.9. The number of hydrogen-bond acceptors (Lipinski definition) is 3. The second-order valence-electron chi connectivity index (χ2n) is 5.32. The van der Waals surface area contributed by atoms with Crippen molar-refractivity contribution in [3.8, 4) is 0 Å². The number of alkyl halides is 1. The van der Waals surface area contributed by atoms with Gasteiger partial charge in [-0.2, -0.15) is 0 Å². The molecule has 1 aromatic rings. The third-order valence-corrected chi connectivity index (χ3v) is 2.99. The van der Waals surface area contributed by atoms with E-state index in [4.69, 9.17) is 4.84 Å². The van der Waals surface area contributed by atoms with Crippen LogP contribution in [-0.4, -0.2) is 5.97 Å². The minimum atomic E-state index is -0.487. The predicted molar refractivity (Wildman–Crippen MR) is 76.2 cm³/mol. The predicted octanol–water partition coefficient (Wildman–Crippen LogP) is 3.74. The van der Waals surface area contributed by atoms with Crippen molar-refractivity contribution in [3.63, 3.8) is 0 Å². The van der Waals surface area contributed by atoms with Crippen LogP contribution in [0.25, 0.3) is 0 Å². The molecule has 0 aromatic heterocycles. The molecule has 0 bridgehead atoms. The summed E-state index contributed by atoms with van der Waals surface area (Å²) >= 11 is 3.53. The Balaban J connectivity index is 2.49. The van der Waals surface area contributed by atoms with Gasteiger partial charge in [-0.15, -0.1) is 5.48 Å². The first-order valence-electron chi connectivity index (χ1n) is 5.98.